The zero-order chi connectivity index (χ0) is 15.1. The van der Waals surface area contributed by atoms with E-state index >= 15 is 0 Å². The molecule has 0 fully saturated rings. The molecule has 2 rings (SSSR count). The Labute approximate surface area is 127 Å². The lowest BCUT2D eigenvalue weighted by atomic mass is 10.1. The molecule has 0 aliphatic heterocycles. The van der Waals surface area contributed by atoms with Gasteiger partial charge in [0.2, 0.25) is 5.91 Å². The second kappa shape index (κ2) is 7.78. The zero-order valence-corrected chi connectivity index (χ0v) is 12.7. The van der Waals surface area contributed by atoms with Gasteiger partial charge in [0.05, 0.1) is 7.11 Å². The standard InChI is InChI=1S/C16H18FNO2S/c1-20-14-6-2-4-12(16(14)17)7-8-15(19)18-10-9-13-5-3-11-21-13/h2-6,11H,7-10H2,1H3,(H,18,19). The average Bonchev–Trinajstić information content (AvgIpc) is 2.99. The summed E-state index contributed by atoms with van der Waals surface area (Å²) < 4.78 is 18.8. The van der Waals surface area contributed by atoms with Crippen LogP contribution in [0.2, 0.25) is 0 Å². The van der Waals surface area contributed by atoms with Gasteiger partial charge in [0.15, 0.2) is 11.6 Å². The number of hydrogen-bond acceptors (Lipinski definition) is 3. The Morgan fingerprint density at radius 1 is 1.29 bits per heavy atom. The number of amides is 1. The molecule has 5 heteroatoms. The van der Waals surface area contributed by atoms with Crippen LogP contribution in [0.3, 0.4) is 0 Å². The van der Waals surface area contributed by atoms with E-state index in [0.29, 0.717) is 18.5 Å². The fraction of sp³-hybridized carbons (Fsp3) is 0.312. The van der Waals surface area contributed by atoms with Crippen LogP contribution in [-0.4, -0.2) is 19.6 Å². The van der Waals surface area contributed by atoms with Gasteiger partial charge < -0.3 is 10.1 Å². The van der Waals surface area contributed by atoms with Crippen LogP contribution >= 0.6 is 11.3 Å². The average molecular weight is 307 g/mol. The summed E-state index contributed by atoms with van der Waals surface area (Å²) in [5.41, 5.74) is 0.503. The third kappa shape index (κ3) is 4.56. The summed E-state index contributed by atoms with van der Waals surface area (Å²) in [6, 6.07) is 9.01. The van der Waals surface area contributed by atoms with Gasteiger partial charge in [-0.1, -0.05) is 18.2 Å². The molecule has 0 bridgehead atoms. The van der Waals surface area contributed by atoms with Gasteiger partial charge in [-0.3, -0.25) is 4.79 Å². The maximum atomic E-state index is 13.9. The molecule has 0 aliphatic carbocycles. The predicted octanol–water partition coefficient (Wildman–Crippen LogP) is 3.19. The number of aryl methyl sites for hydroxylation is 1. The normalized spacial score (nSPS) is 10.4. The highest BCUT2D eigenvalue weighted by atomic mass is 32.1. The van der Waals surface area contributed by atoms with Gasteiger partial charge in [0.1, 0.15) is 0 Å². The first-order valence-corrected chi connectivity index (χ1v) is 7.69. The summed E-state index contributed by atoms with van der Waals surface area (Å²) in [6.07, 6.45) is 1.47. The summed E-state index contributed by atoms with van der Waals surface area (Å²) in [5.74, 6) is -0.231. The molecule has 0 unspecified atom stereocenters. The molecule has 0 radical (unpaired) electrons. The number of methoxy groups -OCH3 is 1. The second-order valence-electron chi connectivity index (χ2n) is 4.61. The van der Waals surface area contributed by atoms with Crippen LogP contribution in [0, 0.1) is 5.82 Å². The third-order valence-corrected chi connectivity index (χ3v) is 4.09. The number of thiophene rings is 1. The zero-order valence-electron chi connectivity index (χ0n) is 11.9. The number of benzene rings is 1. The van der Waals surface area contributed by atoms with Gasteiger partial charge in [0, 0.05) is 17.8 Å². The van der Waals surface area contributed by atoms with Crippen molar-refractivity contribution in [2.45, 2.75) is 19.3 Å². The van der Waals surface area contributed by atoms with Gasteiger partial charge >= 0.3 is 0 Å². The van der Waals surface area contributed by atoms with E-state index < -0.39 is 0 Å². The van der Waals surface area contributed by atoms with Crippen molar-refractivity contribution in [3.63, 3.8) is 0 Å². The first kappa shape index (κ1) is 15.5. The van der Waals surface area contributed by atoms with E-state index in [-0.39, 0.29) is 23.9 Å². The summed E-state index contributed by atoms with van der Waals surface area (Å²) in [5, 5.41) is 4.87. The summed E-state index contributed by atoms with van der Waals surface area (Å²) in [4.78, 5) is 13.0. The SMILES string of the molecule is COc1cccc(CCC(=O)NCCc2cccs2)c1F. The minimum atomic E-state index is -0.383. The van der Waals surface area contributed by atoms with Crippen LogP contribution in [0.5, 0.6) is 5.75 Å². The molecule has 0 aliphatic rings. The largest absolute Gasteiger partial charge is 0.494 e. The predicted molar refractivity (Wildman–Crippen MR) is 82.3 cm³/mol. The Kier molecular flexibility index (Phi) is 5.75. The monoisotopic (exact) mass is 307 g/mol. The van der Waals surface area contributed by atoms with Crippen molar-refractivity contribution >= 4 is 17.2 Å². The topological polar surface area (TPSA) is 38.3 Å². The lowest BCUT2D eigenvalue weighted by molar-refractivity contribution is -0.121. The molecule has 0 saturated heterocycles. The first-order chi connectivity index (χ1) is 10.2. The Morgan fingerprint density at radius 3 is 2.86 bits per heavy atom. The van der Waals surface area contributed by atoms with Crippen molar-refractivity contribution in [2.24, 2.45) is 0 Å². The molecular weight excluding hydrogens is 289 g/mol. The molecule has 0 atom stereocenters. The molecule has 21 heavy (non-hydrogen) atoms. The molecule has 1 N–H and O–H groups in total. The van der Waals surface area contributed by atoms with Crippen LogP contribution < -0.4 is 10.1 Å². The van der Waals surface area contributed by atoms with Crippen LogP contribution in [0.4, 0.5) is 4.39 Å². The van der Waals surface area contributed by atoms with E-state index in [1.165, 1.54) is 12.0 Å². The van der Waals surface area contributed by atoms with Gasteiger partial charge in [0.25, 0.3) is 0 Å². The molecule has 0 saturated carbocycles. The molecule has 2 aromatic rings. The van der Waals surface area contributed by atoms with Crippen molar-refractivity contribution in [2.75, 3.05) is 13.7 Å². The molecule has 3 nitrogen and oxygen atoms in total. The molecule has 112 valence electrons. The van der Waals surface area contributed by atoms with Crippen molar-refractivity contribution < 1.29 is 13.9 Å². The lowest BCUT2D eigenvalue weighted by Crippen LogP contribution is -2.25. The smallest absolute Gasteiger partial charge is 0.220 e. The van der Waals surface area contributed by atoms with Crippen molar-refractivity contribution in [3.05, 3.63) is 52.0 Å². The van der Waals surface area contributed by atoms with E-state index in [1.54, 1.807) is 29.5 Å². The third-order valence-electron chi connectivity index (χ3n) is 3.16. The lowest BCUT2D eigenvalue weighted by Gasteiger charge is -2.08. The molecule has 1 heterocycles. The van der Waals surface area contributed by atoms with Crippen molar-refractivity contribution in [1.29, 1.82) is 0 Å². The van der Waals surface area contributed by atoms with E-state index in [1.807, 2.05) is 17.5 Å². The van der Waals surface area contributed by atoms with Gasteiger partial charge in [-0.25, -0.2) is 4.39 Å². The second-order valence-corrected chi connectivity index (χ2v) is 5.64. The van der Waals surface area contributed by atoms with E-state index in [4.69, 9.17) is 4.74 Å². The van der Waals surface area contributed by atoms with E-state index in [2.05, 4.69) is 5.32 Å². The number of carbonyl (C=O) groups is 1. The number of halogens is 1. The fourth-order valence-electron chi connectivity index (χ4n) is 2.02. The van der Waals surface area contributed by atoms with Crippen LogP contribution in [0.1, 0.15) is 16.9 Å². The molecule has 1 aromatic heterocycles. The van der Waals surface area contributed by atoms with Crippen molar-refractivity contribution in [3.8, 4) is 5.75 Å². The highest BCUT2D eigenvalue weighted by Gasteiger charge is 2.10. The Balaban J connectivity index is 1.76. The van der Waals surface area contributed by atoms with Crippen LogP contribution in [0.25, 0.3) is 0 Å². The van der Waals surface area contributed by atoms with Gasteiger partial charge in [-0.15, -0.1) is 11.3 Å². The van der Waals surface area contributed by atoms with Crippen LogP contribution in [0.15, 0.2) is 35.7 Å². The van der Waals surface area contributed by atoms with Crippen molar-refractivity contribution in [1.82, 2.24) is 5.32 Å². The molecule has 1 amide bonds. The van der Waals surface area contributed by atoms with Gasteiger partial charge in [-0.2, -0.15) is 0 Å². The van der Waals surface area contributed by atoms with Crippen LogP contribution in [-0.2, 0) is 17.6 Å². The minimum absolute atomic E-state index is 0.0613. The minimum Gasteiger partial charge on any atom is -0.494 e. The van der Waals surface area contributed by atoms with E-state index in [0.717, 1.165) is 6.42 Å². The highest BCUT2D eigenvalue weighted by Crippen LogP contribution is 2.20. The number of hydrogen-bond donors (Lipinski definition) is 1. The maximum Gasteiger partial charge on any atom is 0.220 e. The highest BCUT2D eigenvalue weighted by molar-refractivity contribution is 7.09. The summed E-state index contributed by atoms with van der Waals surface area (Å²) in [6.45, 7) is 0.611. The number of nitrogens with one attached hydrogen (secondary N) is 1. The molecule has 1 aromatic carbocycles. The number of carbonyl (C=O) groups excluding carboxylic acids is 1. The summed E-state index contributed by atoms with van der Waals surface area (Å²) in [7, 11) is 1.43. The first-order valence-electron chi connectivity index (χ1n) is 6.81. The Hall–Kier alpha value is -1.88. The van der Waals surface area contributed by atoms with E-state index in [9.17, 15) is 9.18 Å². The van der Waals surface area contributed by atoms with Gasteiger partial charge in [-0.05, 0) is 35.9 Å². The maximum absolute atomic E-state index is 13.9. The molecule has 0 spiro atoms. The fourth-order valence-corrected chi connectivity index (χ4v) is 2.73. The number of rotatable bonds is 7. The number of ether oxygens (including phenoxy) is 1. The molecular formula is C16H18FNO2S. The Bertz CT molecular complexity index is 584. The Morgan fingerprint density at radius 2 is 2.14 bits per heavy atom. The quantitative estimate of drug-likeness (QED) is 0.853. The summed E-state index contributed by atoms with van der Waals surface area (Å²) >= 11 is 1.68.